The quantitative estimate of drug-likeness (QED) is 0.589. The number of hydrogen-bond donors (Lipinski definition) is 0. The van der Waals surface area contributed by atoms with Gasteiger partial charge < -0.3 is 4.90 Å². The van der Waals surface area contributed by atoms with E-state index >= 15 is 0 Å². The molecule has 1 rings (SSSR count). The summed E-state index contributed by atoms with van der Waals surface area (Å²) in [6, 6.07) is 3.26. The zero-order chi connectivity index (χ0) is 14.6. The van der Waals surface area contributed by atoms with Gasteiger partial charge in [0.15, 0.2) is 0 Å². The van der Waals surface area contributed by atoms with Crippen LogP contribution in [0.3, 0.4) is 0 Å². The highest BCUT2D eigenvalue weighted by molar-refractivity contribution is 9.10. The SMILES string of the molecule is O=C(c1ccc(F)c(Br)c1)N(CCCl)CC(F)(F)F. The van der Waals surface area contributed by atoms with Gasteiger partial charge >= 0.3 is 6.18 Å². The van der Waals surface area contributed by atoms with E-state index in [1.54, 1.807) is 0 Å². The number of rotatable bonds is 4. The maximum atomic E-state index is 13.0. The molecular weight excluding hydrogens is 353 g/mol. The lowest BCUT2D eigenvalue weighted by Gasteiger charge is -2.23. The largest absolute Gasteiger partial charge is 0.406 e. The van der Waals surface area contributed by atoms with Crippen LogP contribution in [0.5, 0.6) is 0 Å². The van der Waals surface area contributed by atoms with E-state index < -0.39 is 24.4 Å². The topological polar surface area (TPSA) is 20.3 Å². The summed E-state index contributed by atoms with van der Waals surface area (Å²) in [6.45, 7) is -1.64. The Morgan fingerprint density at radius 2 is 2.00 bits per heavy atom. The van der Waals surface area contributed by atoms with E-state index in [9.17, 15) is 22.4 Å². The second kappa shape index (κ2) is 6.56. The molecule has 1 amide bonds. The Morgan fingerprint density at radius 3 is 2.47 bits per heavy atom. The number of carbonyl (C=O) groups excluding carboxylic acids is 1. The van der Waals surface area contributed by atoms with Crippen LogP contribution in [0.25, 0.3) is 0 Å². The maximum Gasteiger partial charge on any atom is 0.406 e. The molecule has 0 unspecified atom stereocenters. The van der Waals surface area contributed by atoms with E-state index in [1.807, 2.05) is 0 Å². The van der Waals surface area contributed by atoms with E-state index in [1.165, 1.54) is 0 Å². The molecule has 106 valence electrons. The second-order valence-corrected chi connectivity index (χ2v) is 4.89. The van der Waals surface area contributed by atoms with E-state index in [4.69, 9.17) is 11.6 Å². The molecule has 1 aromatic carbocycles. The van der Waals surface area contributed by atoms with Gasteiger partial charge in [0.1, 0.15) is 12.4 Å². The number of nitrogens with zero attached hydrogens (tertiary/aromatic N) is 1. The molecule has 0 N–H and O–H groups in total. The van der Waals surface area contributed by atoms with Gasteiger partial charge in [0.2, 0.25) is 0 Å². The highest BCUT2D eigenvalue weighted by Gasteiger charge is 2.33. The van der Waals surface area contributed by atoms with Crippen molar-refractivity contribution in [3.05, 3.63) is 34.1 Å². The first-order chi connectivity index (χ1) is 8.74. The molecule has 0 saturated carbocycles. The molecule has 0 aromatic heterocycles. The van der Waals surface area contributed by atoms with Gasteiger partial charge in [0.25, 0.3) is 5.91 Å². The fourth-order valence-corrected chi connectivity index (χ4v) is 1.97. The fraction of sp³-hybridized carbons (Fsp3) is 0.364. The lowest BCUT2D eigenvalue weighted by molar-refractivity contribution is -0.140. The number of halogens is 6. The minimum Gasteiger partial charge on any atom is -0.328 e. The van der Waals surface area contributed by atoms with Crippen molar-refractivity contribution >= 4 is 33.4 Å². The highest BCUT2D eigenvalue weighted by atomic mass is 79.9. The summed E-state index contributed by atoms with van der Waals surface area (Å²) >= 11 is 8.25. The van der Waals surface area contributed by atoms with Gasteiger partial charge in [0, 0.05) is 18.0 Å². The van der Waals surface area contributed by atoms with Crippen LogP contribution in [0.15, 0.2) is 22.7 Å². The normalized spacial score (nSPS) is 11.5. The Hall–Kier alpha value is -0.820. The second-order valence-electron chi connectivity index (χ2n) is 3.66. The summed E-state index contributed by atoms with van der Waals surface area (Å²) in [6.07, 6.45) is -4.51. The summed E-state index contributed by atoms with van der Waals surface area (Å²) in [5, 5.41) is 0. The zero-order valence-corrected chi connectivity index (χ0v) is 11.8. The molecule has 0 bridgehead atoms. The Balaban J connectivity index is 2.95. The number of hydrogen-bond acceptors (Lipinski definition) is 1. The molecule has 0 aliphatic rings. The molecule has 0 radical (unpaired) electrons. The van der Waals surface area contributed by atoms with Crippen molar-refractivity contribution < 1.29 is 22.4 Å². The van der Waals surface area contributed by atoms with Crippen molar-refractivity contribution in [3.63, 3.8) is 0 Å². The van der Waals surface area contributed by atoms with Crippen molar-refractivity contribution in [2.24, 2.45) is 0 Å². The van der Waals surface area contributed by atoms with Crippen molar-refractivity contribution in [1.29, 1.82) is 0 Å². The molecule has 0 heterocycles. The van der Waals surface area contributed by atoms with E-state index in [-0.39, 0.29) is 22.5 Å². The number of carbonyl (C=O) groups is 1. The fourth-order valence-electron chi connectivity index (χ4n) is 1.38. The number of alkyl halides is 4. The van der Waals surface area contributed by atoms with Crippen LogP contribution in [-0.4, -0.2) is 36.0 Å². The average molecular weight is 363 g/mol. The summed E-state index contributed by atoms with van der Waals surface area (Å²) in [4.78, 5) is 12.5. The molecule has 1 aromatic rings. The molecule has 0 atom stereocenters. The third kappa shape index (κ3) is 4.99. The van der Waals surface area contributed by atoms with Crippen LogP contribution in [0.4, 0.5) is 17.6 Å². The molecule has 0 saturated heterocycles. The summed E-state index contributed by atoms with van der Waals surface area (Å²) in [5.74, 6) is -1.57. The maximum absolute atomic E-state index is 13.0. The Morgan fingerprint density at radius 1 is 1.37 bits per heavy atom. The van der Waals surface area contributed by atoms with Crippen molar-refractivity contribution in [2.45, 2.75) is 6.18 Å². The molecule has 0 aliphatic heterocycles. The Labute approximate surface area is 120 Å². The first-order valence-corrected chi connectivity index (χ1v) is 6.44. The van der Waals surface area contributed by atoms with Crippen molar-refractivity contribution in [3.8, 4) is 0 Å². The van der Waals surface area contributed by atoms with Gasteiger partial charge in [-0.25, -0.2) is 4.39 Å². The van der Waals surface area contributed by atoms with E-state index in [2.05, 4.69) is 15.9 Å². The van der Waals surface area contributed by atoms with Crippen LogP contribution < -0.4 is 0 Å². The lowest BCUT2D eigenvalue weighted by Crippen LogP contribution is -2.40. The first kappa shape index (κ1) is 16.2. The van der Waals surface area contributed by atoms with Gasteiger partial charge in [-0.1, -0.05) is 0 Å². The van der Waals surface area contributed by atoms with E-state index in [0.717, 1.165) is 18.2 Å². The molecule has 2 nitrogen and oxygen atoms in total. The molecule has 0 aliphatic carbocycles. The predicted octanol–water partition coefficient (Wildman–Crippen LogP) is 3.83. The van der Waals surface area contributed by atoms with Gasteiger partial charge in [-0.2, -0.15) is 13.2 Å². The Kier molecular flexibility index (Phi) is 5.61. The van der Waals surface area contributed by atoms with Crippen LogP contribution in [0.1, 0.15) is 10.4 Å². The molecule has 0 spiro atoms. The summed E-state index contributed by atoms with van der Waals surface area (Å²) in [5.41, 5.74) is -0.0392. The van der Waals surface area contributed by atoms with Gasteiger partial charge in [0.05, 0.1) is 4.47 Å². The average Bonchev–Trinajstić information content (AvgIpc) is 2.29. The van der Waals surface area contributed by atoms with Crippen LogP contribution in [-0.2, 0) is 0 Å². The Bertz CT molecular complexity index is 466. The van der Waals surface area contributed by atoms with Crippen LogP contribution in [0.2, 0.25) is 0 Å². The summed E-state index contributed by atoms with van der Waals surface area (Å²) < 4.78 is 50.0. The van der Waals surface area contributed by atoms with Gasteiger partial charge in [-0.3, -0.25) is 4.79 Å². The van der Waals surface area contributed by atoms with Gasteiger partial charge in [-0.05, 0) is 34.1 Å². The lowest BCUT2D eigenvalue weighted by atomic mass is 10.2. The minimum absolute atomic E-state index is 0.0104. The van der Waals surface area contributed by atoms with Crippen molar-refractivity contribution in [2.75, 3.05) is 19.0 Å². The molecule has 0 fully saturated rings. The third-order valence-corrected chi connectivity index (χ3v) is 2.96. The number of benzene rings is 1. The first-order valence-electron chi connectivity index (χ1n) is 5.11. The zero-order valence-electron chi connectivity index (χ0n) is 9.48. The smallest absolute Gasteiger partial charge is 0.328 e. The number of amides is 1. The minimum atomic E-state index is -4.51. The predicted molar refractivity (Wildman–Crippen MR) is 66.8 cm³/mol. The highest BCUT2D eigenvalue weighted by Crippen LogP contribution is 2.21. The van der Waals surface area contributed by atoms with Crippen LogP contribution >= 0.6 is 27.5 Å². The van der Waals surface area contributed by atoms with Gasteiger partial charge in [-0.15, -0.1) is 11.6 Å². The van der Waals surface area contributed by atoms with Crippen LogP contribution in [0, 0.1) is 5.82 Å². The summed E-state index contributed by atoms with van der Waals surface area (Å²) in [7, 11) is 0. The third-order valence-electron chi connectivity index (χ3n) is 2.18. The molecule has 19 heavy (non-hydrogen) atoms. The molecular formula is C11H9BrClF4NO. The van der Waals surface area contributed by atoms with Crippen molar-refractivity contribution in [1.82, 2.24) is 4.90 Å². The molecule has 8 heteroatoms. The standard InChI is InChI=1S/C11H9BrClF4NO/c12-8-5-7(1-2-9(8)14)10(19)18(4-3-13)6-11(15,16)17/h1-2,5H,3-4,6H2. The van der Waals surface area contributed by atoms with E-state index in [0.29, 0.717) is 4.90 Å². The monoisotopic (exact) mass is 361 g/mol.